The first-order valence-electron chi connectivity index (χ1n) is 6.45. The molecule has 3 rings (SSSR count). The number of amides is 1. The Morgan fingerprint density at radius 1 is 1.33 bits per heavy atom. The monoisotopic (exact) mass is 264 g/mol. The Morgan fingerprint density at radius 2 is 2.17 bits per heavy atom. The van der Waals surface area contributed by atoms with Gasteiger partial charge in [0.15, 0.2) is 0 Å². The van der Waals surface area contributed by atoms with Gasteiger partial charge < -0.3 is 10.6 Å². The second-order valence-corrected chi connectivity index (χ2v) is 5.82. The fraction of sp³-hybridized carbons (Fsp3) is 0.500. The summed E-state index contributed by atoms with van der Waals surface area (Å²) in [6, 6.07) is 7.43. The molecule has 1 saturated carbocycles. The normalized spacial score (nSPS) is 30.6. The average molecular weight is 265 g/mol. The summed E-state index contributed by atoms with van der Waals surface area (Å²) >= 11 is 5.92. The number of benzene rings is 1. The lowest BCUT2D eigenvalue weighted by Crippen LogP contribution is -2.33. The summed E-state index contributed by atoms with van der Waals surface area (Å²) < 4.78 is 0. The number of nitrogens with zero attached hydrogens (tertiary/aromatic N) is 1. The molecule has 4 heteroatoms. The number of nitrogens with two attached hydrogens (primary N) is 1. The minimum Gasteiger partial charge on any atom is -0.338 e. The summed E-state index contributed by atoms with van der Waals surface area (Å²) in [4.78, 5) is 14.3. The van der Waals surface area contributed by atoms with E-state index in [1.165, 1.54) is 0 Å². The molecule has 3 nitrogen and oxygen atoms in total. The van der Waals surface area contributed by atoms with Crippen LogP contribution in [0.1, 0.15) is 23.2 Å². The minimum atomic E-state index is 0.0825. The third-order valence-corrected chi connectivity index (χ3v) is 4.51. The van der Waals surface area contributed by atoms with Crippen LogP contribution in [0.3, 0.4) is 0 Å². The van der Waals surface area contributed by atoms with Crippen LogP contribution in [0.15, 0.2) is 24.3 Å². The van der Waals surface area contributed by atoms with Crippen LogP contribution in [-0.2, 0) is 0 Å². The third kappa shape index (κ3) is 2.02. The van der Waals surface area contributed by atoms with Crippen molar-refractivity contribution in [2.24, 2.45) is 17.6 Å². The number of likely N-dealkylation sites (tertiary alicyclic amines) is 1. The minimum absolute atomic E-state index is 0.0825. The number of carbonyl (C=O) groups is 1. The van der Waals surface area contributed by atoms with Crippen LogP contribution in [0, 0.1) is 11.8 Å². The van der Waals surface area contributed by atoms with Gasteiger partial charge in [0.1, 0.15) is 0 Å². The maximum atomic E-state index is 12.4. The van der Waals surface area contributed by atoms with Gasteiger partial charge in [0.25, 0.3) is 5.91 Å². The first-order chi connectivity index (χ1) is 8.65. The van der Waals surface area contributed by atoms with E-state index in [2.05, 4.69) is 0 Å². The van der Waals surface area contributed by atoms with E-state index in [1.54, 1.807) is 12.1 Å². The Bertz CT molecular complexity index is 477. The third-order valence-electron chi connectivity index (χ3n) is 4.27. The number of fused-ring (bicyclic) bond motifs is 1. The zero-order valence-electron chi connectivity index (χ0n) is 10.2. The molecule has 1 aromatic rings. The molecule has 0 radical (unpaired) electrons. The van der Waals surface area contributed by atoms with E-state index in [1.807, 2.05) is 17.0 Å². The van der Waals surface area contributed by atoms with E-state index in [-0.39, 0.29) is 11.9 Å². The predicted octanol–water partition coefficient (Wildman–Crippen LogP) is 2.15. The number of hydrogen-bond acceptors (Lipinski definition) is 2. The number of carbonyl (C=O) groups excluding carboxylic acids is 1. The first-order valence-corrected chi connectivity index (χ1v) is 6.83. The summed E-state index contributed by atoms with van der Waals surface area (Å²) in [6.07, 6.45) is 2.26. The van der Waals surface area contributed by atoms with E-state index in [0.717, 1.165) is 25.9 Å². The van der Waals surface area contributed by atoms with Crippen molar-refractivity contribution in [2.75, 3.05) is 13.1 Å². The molecule has 0 bridgehead atoms. The highest BCUT2D eigenvalue weighted by Crippen LogP contribution is 2.37. The molecule has 2 N–H and O–H groups in total. The maximum Gasteiger partial charge on any atom is 0.253 e. The Balaban J connectivity index is 1.75. The lowest BCUT2D eigenvalue weighted by molar-refractivity contribution is 0.0779. The van der Waals surface area contributed by atoms with Gasteiger partial charge in [0.05, 0.1) is 0 Å². The zero-order valence-corrected chi connectivity index (χ0v) is 10.9. The molecular weight excluding hydrogens is 248 g/mol. The molecule has 2 fully saturated rings. The van der Waals surface area contributed by atoms with Gasteiger partial charge in [-0.25, -0.2) is 0 Å². The Hall–Kier alpha value is -1.06. The molecule has 18 heavy (non-hydrogen) atoms. The van der Waals surface area contributed by atoms with Crippen molar-refractivity contribution in [2.45, 2.75) is 18.9 Å². The summed E-state index contributed by atoms with van der Waals surface area (Å²) in [5.41, 5.74) is 6.76. The average Bonchev–Trinajstić information content (AvgIpc) is 2.91. The summed E-state index contributed by atoms with van der Waals surface area (Å²) in [5, 5.41) is 0.608. The molecule has 1 heterocycles. The van der Waals surface area contributed by atoms with Gasteiger partial charge in [-0.15, -0.1) is 0 Å². The summed E-state index contributed by atoms with van der Waals surface area (Å²) in [6.45, 7) is 1.65. The van der Waals surface area contributed by atoms with Crippen LogP contribution >= 0.6 is 11.6 Å². The van der Waals surface area contributed by atoms with Crippen LogP contribution in [0.2, 0.25) is 5.02 Å². The Kier molecular flexibility index (Phi) is 3.04. The SMILES string of the molecule is N[C@@H]1CC[C@@H]2CN(C(=O)c3cccc(Cl)c3)C[C@@H]21. The standard InChI is InChI=1S/C14H17ClN2O/c15-11-3-1-2-9(6-11)14(18)17-7-10-4-5-13(16)12(10)8-17/h1-3,6,10,12-13H,4-5,7-8,16H2/t10-,12+,13-/m1/s1. The molecule has 3 atom stereocenters. The molecule has 2 aliphatic rings. The van der Waals surface area contributed by atoms with Gasteiger partial charge in [-0.3, -0.25) is 4.79 Å². The molecule has 96 valence electrons. The molecular formula is C14H17ClN2O. The van der Waals surface area contributed by atoms with Crippen LogP contribution < -0.4 is 5.73 Å². The molecule has 0 unspecified atom stereocenters. The van der Waals surface area contributed by atoms with Crippen molar-refractivity contribution in [3.05, 3.63) is 34.9 Å². The fourth-order valence-electron chi connectivity index (χ4n) is 3.28. The Labute approximate surface area is 112 Å². The molecule has 1 aliphatic heterocycles. The highest BCUT2D eigenvalue weighted by atomic mass is 35.5. The van der Waals surface area contributed by atoms with E-state index in [9.17, 15) is 4.79 Å². The van der Waals surface area contributed by atoms with Gasteiger partial charge in [-0.1, -0.05) is 17.7 Å². The molecule has 1 aromatic carbocycles. The van der Waals surface area contributed by atoms with E-state index < -0.39 is 0 Å². The largest absolute Gasteiger partial charge is 0.338 e. The van der Waals surface area contributed by atoms with Crippen molar-refractivity contribution in [3.63, 3.8) is 0 Å². The van der Waals surface area contributed by atoms with E-state index >= 15 is 0 Å². The summed E-state index contributed by atoms with van der Waals surface area (Å²) in [5.74, 6) is 1.18. The molecule has 1 aliphatic carbocycles. The van der Waals surface area contributed by atoms with Crippen molar-refractivity contribution < 1.29 is 4.79 Å². The predicted molar refractivity (Wildman–Crippen MR) is 71.5 cm³/mol. The van der Waals surface area contributed by atoms with Gasteiger partial charge >= 0.3 is 0 Å². The molecule has 0 spiro atoms. The lowest BCUT2D eigenvalue weighted by Gasteiger charge is -2.18. The van der Waals surface area contributed by atoms with Crippen LogP contribution in [0.4, 0.5) is 0 Å². The van der Waals surface area contributed by atoms with Gasteiger partial charge in [0, 0.05) is 29.7 Å². The second-order valence-electron chi connectivity index (χ2n) is 5.39. The molecule has 1 saturated heterocycles. The zero-order chi connectivity index (χ0) is 12.7. The van der Waals surface area contributed by atoms with Crippen molar-refractivity contribution in [1.29, 1.82) is 0 Å². The molecule has 0 aromatic heterocycles. The van der Waals surface area contributed by atoms with Crippen LogP contribution in [-0.4, -0.2) is 29.9 Å². The van der Waals surface area contributed by atoms with E-state index in [0.29, 0.717) is 22.4 Å². The fourth-order valence-corrected chi connectivity index (χ4v) is 3.47. The van der Waals surface area contributed by atoms with Crippen LogP contribution in [0.5, 0.6) is 0 Å². The van der Waals surface area contributed by atoms with E-state index in [4.69, 9.17) is 17.3 Å². The smallest absolute Gasteiger partial charge is 0.253 e. The Morgan fingerprint density at radius 3 is 2.89 bits per heavy atom. The van der Waals surface area contributed by atoms with Gasteiger partial charge in [-0.2, -0.15) is 0 Å². The summed E-state index contributed by atoms with van der Waals surface area (Å²) in [7, 11) is 0. The highest BCUT2D eigenvalue weighted by Gasteiger charge is 2.42. The number of hydrogen-bond donors (Lipinski definition) is 1. The van der Waals surface area contributed by atoms with Crippen molar-refractivity contribution in [1.82, 2.24) is 4.90 Å². The maximum absolute atomic E-state index is 12.4. The van der Waals surface area contributed by atoms with Crippen molar-refractivity contribution in [3.8, 4) is 0 Å². The number of halogens is 1. The van der Waals surface area contributed by atoms with Gasteiger partial charge in [-0.05, 0) is 42.9 Å². The van der Waals surface area contributed by atoms with Gasteiger partial charge in [0.2, 0.25) is 0 Å². The second kappa shape index (κ2) is 4.56. The molecule has 1 amide bonds. The lowest BCUT2D eigenvalue weighted by atomic mass is 9.98. The topological polar surface area (TPSA) is 46.3 Å². The quantitative estimate of drug-likeness (QED) is 0.845. The highest BCUT2D eigenvalue weighted by molar-refractivity contribution is 6.30. The first kappa shape index (κ1) is 12.0. The van der Waals surface area contributed by atoms with Crippen LogP contribution in [0.25, 0.3) is 0 Å². The van der Waals surface area contributed by atoms with Crippen molar-refractivity contribution >= 4 is 17.5 Å². The number of rotatable bonds is 1.